The second-order valence-corrected chi connectivity index (χ2v) is 5.08. The zero-order chi connectivity index (χ0) is 13.8. The van der Waals surface area contributed by atoms with Crippen LogP contribution < -0.4 is 4.74 Å². The van der Waals surface area contributed by atoms with Crippen molar-refractivity contribution in [2.75, 3.05) is 19.7 Å². The summed E-state index contributed by atoms with van der Waals surface area (Å²) in [4.78, 5) is 13.0. The topological polar surface area (TPSA) is 49.8 Å². The lowest BCUT2D eigenvalue weighted by molar-refractivity contribution is -0.138. The van der Waals surface area contributed by atoms with Crippen molar-refractivity contribution in [2.45, 2.75) is 32.2 Å². The molecule has 1 aliphatic rings. The summed E-state index contributed by atoms with van der Waals surface area (Å²) < 4.78 is 5.67. The average molecular weight is 263 g/mol. The van der Waals surface area contributed by atoms with Crippen LogP contribution in [0, 0.1) is 0 Å². The molecule has 1 heterocycles. The number of rotatable bonds is 6. The van der Waals surface area contributed by atoms with Crippen molar-refractivity contribution >= 4 is 5.97 Å². The Hall–Kier alpha value is -1.55. The molecule has 1 aliphatic heterocycles. The molecule has 4 nitrogen and oxygen atoms in total. The summed E-state index contributed by atoms with van der Waals surface area (Å²) in [5.74, 6) is 0.566. The number of para-hydroxylation sites is 1. The van der Waals surface area contributed by atoms with Crippen molar-refractivity contribution in [3.8, 4) is 5.75 Å². The summed E-state index contributed by atoms with van der Waals surface area (Å²) >= 11 is 0. The van der Waals surface area contributed by atoms with E-state index in [1.165, 1.54) is 5.56 Å². The van der Waals surface area contributed by atoms with Crippen LogP contribution in [-0.2, 0) is 4.79 Å². The molecule has 1 aromatic carbocycles. The third kappa shape index (κ3) is 3.26. The fourth-order valence-electron chi connectivity index (χ4n) is 2.67. The number of carboxylic acids is 1. The molecular formula is C15H21NO3. The van der Waals surface area contributed by atoms with Crippen molar-refractivity contribution in [2.24, 2.45) is 0 Å². The highest BCUT2D eigenvalue weighted by Crippen LogP contribution is 2.34. The van der Waals surface area contributed by atoms with Crippen molar-refractivity contribution in [3.05, 3.63) is 29.8 Å². The van der Waals surface area contributed by atoms with E-state index in [-0.39, 0.29) is 12.5 Å². The van der Waals surface area contributed by atoms with Gasteiger partial charge in [0, 0.05) is 24.1 Å². The van der Waals surface area contributed by atoms with Gasteiger partial charge in [-0.15, -0.1) is 0 Å². The number of nitrogens with zero attached hydrogens (tertiary/aromatic N) is 1. The fourth-order valence-corrected chi connectivity index (χ4v) is 2.67. The molecule has 0 aromatic heterocycles. The number of ether oxygens (including phenoxy) is 1. The third-order valence-electron chi connectivity index (χ3n) is 3.75. The molecule has 0 aliphatic carbocycles. The van der Waals surface area contributed by atoms with E-state index in [0.29, 0.717) is 12.5 Å². The van der Waals surface area contributed by atoms with Gasteiger partial charge in [0.25, 0.3) is 0 Å². The Labute approximate surface area is 114 Å². The molecule has 0 saturated carbocycles. The quantitative estimate of drug-likeness (QED) is 0.856. The van der Waals surface area contributed by atoms with Gasteiger partial charge in [0.2, 0.25) is 0 Å². The Bertz CT molecular complexity index is 447. The van der Waals surface area contributed by atoms with Crippen LogP contribution in [0.4, 0.5) is 0 Å². The SMILES string of the molecule is CCN(CC1COc2ccccc21)C(C)CC(=O)O. The van der Waals surface area contributed by atoms with Gasteiger partial charge >= 0.3 is 5.97 Å². The molecule has 104 valence electrons. The molecule has 2 unspecified atom stereocenters. The fraction of sp³-hybridized carbons (Fsp3) is 0.533. The van der Waals surface area contributed by atoms with Gasteiger partial charge in [-0.1, -0.05) is 25.1 Å². The van der Waals surface area contributed by atoms with Crippen LogP contribution in [-0.4, -0.2) is 41.7 Å². The van der Waals surface area contributed by atoms with E-state index in [2.05, 4.69) is 17.9 Å². The average Bonchev–Trinajstić information content (AvgIpc) is 2.78. The van der Waals surface area contributed by atoms with Crippen LogP contribution in [0.1, 0.15) is 31.7 Å². The van der Waals surface area contributed by atoms with Gasteiger partial charge in [-0.25, -0.2) is 0 Å². The Morgan fingerprint density at radius 1 is 1.53 bits per heavy atom. The lowest BCUT2D eigenvalue weighted by atomic mass is 10.00. The number of hydrogen-bond acceptors (Lipinski definition) is 3. The van der Waals surface area contributed by atoms with Crippen molar-refractivity contribution < 1.29 is 14.6 Å². The first-order valence-corrected chi connectivity index (χ1v) is 6.79. The second kappa shape index (κ2) is 6.06. The molecule has 1 N–H and O–H groups in total. The highest BCUT2D eigenvalue weighted by Gasteiger charge is 2.27. The first-order chi connectivity index (χ1) is 9.11. The van der Waals surface area contributed by atoms with Gasteiger partial charge in [-0.3, -0.25) is 9.69 Å². The van der Waals surface area contributed by atoms with Gasteiger partial charge in [0.1, 0.15) is 5.75 Å². The summed E-state index contributed by atoms with van der Waals surface area (Å²) in [6, 6.07) is 8.15. The summed E-state index contributed by atoms with van der Waals surface area (Å²) in [7, 11) is 0. The number of fused-ring (bicyclic) bond motifs is 1. The highest BCUT2D eigenvalue weighted by molar-refractivity contribution is 5.67. The van der Waals surface area contributed by atoms with Crippen LogP contribution in [0.3, 0.4) is 0 Å². The first kappa shape index (κ1) is 13.9. The number of hydrogen-bond donors (Lipinski definition) is 1. The van der Waals surface area contributed by atoms with E-state index in [9.17, 15) is 4.79 Å². The number of likely N-dealkylation sites (N-methyl/N-ethyl adjacent to an activating group) is 1. The molecular weight excluding hydrogens is 242 g/mol. The van der Waals surface area contributed by atoms with E-state index in [4.69, 9.17) is 9.84 Å². The van der Waals surface area contributed by atoms with Gasteiger partial charge < -0.3 is 9.84 Å². The van der Waals surface area contributed by atoms with Crippen LogP contribution in [0.25, 0.3) is 0 Å². The number of carbonyl (C=O) groups is 1. The maximum Gasteiger partial charge on any atom is 0.304 e. The molecule has 0 fully saturated rings. The molecule has 4 heteroatoms. The molecule has 19 heavy (non-hydrogen) atoms. The second-order valence-electron chi connectivity index (χ2n) is 5.08. The molecule has 0 bridgehead atoms. The third-order valence-corrected chi connectivity index (χ3v) is 3.75. The van der Waals surface area contributed by atoms with E-state index >= 15 is 0 Å². The predicted octanol–water partition coefficient (Wildman–Crippen LogP) is 2.35. The van der Waals surface area contributed by atoms with E-state index in [0.717, 1.165) is 18.8 Å². The maximum absolute atomic E-state index is 10.8. The number of carboxylic acid groups (broad SMARTS) is 1. The standard InChI is InChI=1S/C15H21NO3/c1-3-16(11(2)8-15(17)18)9-12-10-19-14-7-5-4-6-13(12)14/h4-7,11-12H,3,8-10H2,1-2H3,(H,17,18). The molecule has 0 radical (unpaired) electrons. The van der Waals surface area contributed by atoms with Gasteiger partial charge in [0.15, 0.2) is 0 Å². The predicted molar refractivity (Wildman–Crippen MR) is 73.6 cm³/mol. The van der Waals surface area contributed by atoms with Crippen molar-refractivity contribution in [3.63, 3.8) is 0 Å². The molecule has 2 atom stereocenters. The van der Waals surface area contributed by atoms with Crippen molar-refractivity contribution in [1.82, 2.24) is 4.90 Å². The summed E-state index contributed by atoms with van der Waals surface area (Å²) in [6.07, 6.45) is 0.184. The van der Waals surface area contributed by atoms with E-state index in [1.807, 2.05) is 25.1 Å². The van der Waals surface area contributed by atoms with Crippen LogP contribution in [0.2, 0.25) is 0 Å². The van der Waals surface area contributed by atoms with Gasteiger partial charge in [-0.2, -0.15) is 0 Å². The Kier molecular flexibility index (Phi) is 4.43. The zero-order valence-corrected chi connectivity index (χ0v) is 11.5. The van der Waals surface area contributed by atoms with E-state index in [1.54, 1.807) is 0 Å². The lowest BCUT2D eigenvalue weighted by Gasteiger charge is -2.29. The molecule has 0 amide bonds. The largest absolute Gasteiger partial charge is 0.493 e. The van der Waals surface area contributed by atoms with Crippen LogP contribution >= 0.6 is 0 Å². The minimum Gasteiger partial charge on any atom is -0.493 e. The number of aliphatic carboxylic acids is 1. The van der Waals surface area contributed by atoms with Crippen molar-refractivity contribution in [1.29, 1.82) is 0 Å². The minimum absolute atomic E-state index is 0.0512. The van der Waals surface area contributed by atoms with Gasteiger partial charge in [0.05, 0.1) is 13.0 Å². The summed E-state index contributed by atoms with van der Waals surface area (Å²) in [5, 5.41) is 8.90. The Morgan fingerprint density at radius 3 is 2.95 bits per heavy atom. The minimum atomic E-state index is -0.742. The lowest BCUT2D eigenvalue weighted by Crippen LogP contribution is -2.38. The Balaban J connectivity index is 2.02. The Morgan fingerprint density at radius 2 is 2.26 bits per heavy atom. The highest BCUT2D eigenvalue weighted by atomic mass is 16.5. The first-order valence-electron chi connectivity index (χ1n) is 6.79. The normalized spacial score (nSPS) is 19.0. The molecule has 0 spiro atoms. The van der Waals surface area contributed by atoms with E-state index < -0.39 is 5.97 Å². The van der Waals surface area contributed by atoms with Crippen LogP contribution in [0.5, 0.6) is 5.75 Å². The van der Waals surface area contributed by atoms with Gasteiger partial charge in [-0.05, 0) is 19.5 Å². The monoisotopic (exact) mass is 263 g/mol. The summed E-state index contributed by atoms with van der Waals surface area (Å²) in [6.45, 7) is 6.43. The molecule has 0 saturated heterocycles. The smallest absolute Gasteiger partial charge is 0.304 e. The maximum atomic E-state index is 10.8. The summed E-state index contributed by atoms with van der Waals surface area (Å²) in [5.41, 5.74) is 1.24. The zero-order valence-electron chi connectivity index (χ0n) is 11.5. The molecule has 2 rings (SSSR count). The van der Waals surface area contributed by atoms with Crippen LogP contribution in [0.15, 0.2) is 24.3 Å². The molecule has 1 aromatic rings. The number of benzene rings is 1.